The summed E-state index contributed by atoms with van der Waals surface area (Å²) >= 11 is 0. The Morgan fingerprint density at radius 1 is 1.36 bits per heavy atom. The molecule has 3 N–H and O–H groups in total. The van der Waals surface area contributed by atoms with Gasteiger partial charge in [-0.2, -0.15) is 0 Å². The lowest BCUT2D eigenvalue weighted by atomic mass is 9.94. The highest BCUT2D eigenvalue weighted by Gasteiger charge is 2.39. The molecule has 0 heterocycles. The first-order valence-corrected chi connectivity index (χ1v) is 6.06. The average Bonchev–Trinajstić information content (AvgIpc) is 2.89. The van der Waals surface area contributed by atoms with E-state index in [9.17, 15) is 0 Å². The molecule has 0 spiro atoms. The molecule has 2 aliphatic rings. The van der Waals surface area contributed by atoms with Gasteiger partial charge in [0.15, 0.2) is 0 Å². The lowest BCUT2D eigenvalue weighted by Crippen LogP contribution is -2.53. The summed E-state index contributed by atoms with van der Waals surface area (Å²) in [5, 5.41) is 3.69. The molecule has 0 aromatic carbocycles. The summed E-state index contributed by atoms with van der Waals surface area (Å²) in [5.41, 5.74) is 6.71. The lowest BCUT2D eigenvalue weighted by Gasteiger charge is -2.32. The Morgan fingerprint density at radius 2 is 1.93 bits per heavy atom. The second-order valence-corrected chi connectivity index (χ2v) is 5.90. The minimum atomic E-state index is 0.0333. The molecule has 2 heteroatoms. The molecular formula is C12H24N2. The summed E-state index contributed by atoms with van der Waals surface area (Å²) < 4.78 is 0. The highest BCUT2D eigenvalue weighted by atomic mass is 15.0. The van der Waals surface area contributed by atoms with Crippen molar-refractivity contribution in [3.8, 4) is 0 Å². The normalized spacial score (nSPS) is 30.2. The van der Waals surface area contributed by atoms with Gasteiger partial charge in [0.05, 0.1) is 0 Å². The number of hydrogen-bond acceptors (Lipinski definition) is 2. The monoisotopic (exact) mass is 196 g/mol. The molecule has 14 heavy (non-hydrogen) atoms. The summed E-state index contributed by atoms with van der Waals surface area (Å²) in [6, 6.07) is 0. The van der Waals surface area contributed by atoms with Gasteiger partial charge in [0.25, 0.3) is 0 Å². The zero-order chi connectivity index (χ0) is 10.2. The molecule has 0 aromatic rings. The molecule has 0 bridgehead atoms. The molecule has 0 saturated heterocycles. The van der Waals surface area contributed by atoms with Crippen molar-refractivity contribution < 1.29 is 0 Å². The van der Waals surface area contributed by atoms with Crippen LogP contribution in [0.3, 0.4) is 0 Å². The Bertz CT molecular complexity index is 196. The zero-order valence-electron chi connectivity index (χ0n) is 9.60. The van der Waals surface area contributed by atoms with Crippen molar-refractivity contribution in [1.29, 1.82) is 0 Å². The van der Waals surface area contributed by atoms with E-state index in [-0.39, 0.29) is 5.54 Å². The predicted octanol–water partition coefficient (Wildman–Crippen LogP) is 2.04. The number of nitrogens with one attached hydrogen (secondary N) is 1. The van der Waals surface area contributed by atoms with Crippen LogP contribution in [0.25, 0.3) is 0 Å². The third kappa shape index (κ3) is 2.29. The highest BCUT2D eigenvalue weighted by molar-refractivity contribution is 4.99. The van der Waals surface area contributed by atoms with E-state index in [1.165, 1.54) is 38.5 Å². The number of nitrogens with two attached hydrogens (primary N) is 1. The maximum Gasteiger partial charge on any atom is 0.0280 e. The van der Waals surface area contributed by atoms with Crippen LogP contribution in [-0.4, -0.2) is 17.6 Å². The fourth-order valence-electron chi connectivity index (χ4n) is 2.62. The second kappa shape index (κ2) is 3.49. The standard InChI is InChI=1S/C12H24N2/c1-11(7-3-4-8-11)14-9-12(2,13)10-5-6-10/h10,14H,3-9,13H2,1-2H3. The summed E-state index contributed by atoms with van der Waals surface area (Å²) in [4.78, 5) is 0. The third-order valence-corrected chi connectivity index (χ3v) is 4.11. The van der Waals surface area contributed by atoms with Gasteiger partial charge >= 0.3 is 0 Å². The van der Waals surface area contributed by atoms with Crippen LogP contribution in [0.15, 0.2) is 0 Å². The van der Waals surface area contributed by atoms with Crippen LogP contribution in [0.5, 0.6) is 0 Å². The van der Waals surface area contributed by atoms with Crippen LogP contribution in [0.2, 0.25) is 0 Å². The van der Waals surface area contributed by atoms with Gasteiger partial charge in [-0.05, 0) is 45.4 Å². The maximum atomic E-state index is 6.30. The fourth-order valence-corrected chi connectivity index (χ4v) is 2.62. The minimum absolute atomic E-state index is 0.0333. The van der Waals surface area contributed by atoms with Crippen molar-refractivity contribution in [2.24, 2.45) is 11.7 Å². The van der Waals surface area contributed by atoms with Crippen LogP contribution < -0.4 is 11.1 Å². The molecule has 0 aromatic heterocycles. The van der Waals surface area contributed by atoms with Gasteiger partial charge in [-0.3, -0.25) is 0 Å². The number of rotatable bonds is 4. The van der Waals surface area contributed by atoms with E-state index in [1.807, 2.05) is 0 Å². The van der Waals surface area contributed by atoms with Gasteiger partial charge in [0, 0.05) is 17.6 Å². The van der Waals surface area contributed by atoms with Crippen LogP contribution in [0.4, 0.5) is 0 Å². The quantitative estimate of drug-likeness (QED) is 0.722. The Hall–Kier alpha value is -0.0800. The van der Waals surface area contributed by atoms with E-state index in [2.05, 4.69) is 19.2 Å². The van der Waals surface area contributed by atoms with Crippen molar-refractivity contribution in [3.05, 3.63) is 0 Å². The van der Waals surface area contributed by atoms with Gasteiger partial charge in [0.2, 0.25) is 0 Å². The van der Waals surface area contributed by atoms with E-state index in [0.717, 1.165) is 12.5 Å². The van der Waals surface area contributed by atoms with Gasteiger partial charge < -0.3 is 11.1 Å². The summed E-state index contributed by atoms with van der Waals surface area (Å²) in [6.07, 6.45) is 8.10. The molecule has 2 rings (SSSR count). The average molecular weight is 196 g/mol. The summed E-state index contributed by atoms with van der Waals surface area (Å²) in [5.74, 6) is 0.778. The van der Waals surface area contributed by atoms with Crippen molar-refractivity contribution >= 4 is 0 Å². The molecule has 2 fully saturated rings. The number of hydrogen-bond donors (Lipinski definition) is 2. The van der Waals surface area contributed by atoms with Crippen LogP contribution in [-0.2, 0) is 0 Å². The van der Waals surface area contributed by atoms with Crippen molar-refractivity contribution in [2.75, 3.05) is 6.54 Å². The minimum Gasteiger partial charge on any atom is -0.324 e. The van der Waals surface area contributed by atoms with Gasteiger partial charge in [0.1, 0.15) is 0 Å². The molecule has 2 aliphatic carbocycles. The van der Waals surface area contributed by atoms with Crippen molar-refractivity contribution in [1.82, 2.24) is 5.32 Å². The summed E-state index contributed by atoms with van der Waals surface area (Å²) in [6.45, 7) is 5.55. The smallest absolute Gasteiger partial charge is 0.0280 e. The zero-order valence-corrected chi connectivity index (χ0v) is 9.60. The van der Waals surface area contributed by atoms with Gasteiger partial charge in [-0.15, -0.1) is 0 Å². The van der Waals surface area contributed by atoms with Crippen LogP contribution in [0.1, 0.15) is 52.4 Å². The van der Waals surface area contributed by atoms with Crippen molar-refractivity contribution in [3.63, 3.8) is 0 Å². The van der Waals surface area contributed by atoms with Gasteiger partial charge in [-0.25, -0.2) is 0 Å². The van der Waals surface area contributed by atoms with E-state index in [0.29, 0.717) is 5.54 Å². The van der Waals surface area contributed by atoms with E-state index < -0.39 is 0 Å². The molecule has 1 atom stereocenters. The lowest BCUT2D eigenvalue weighted by molar-refractivity contribution is 0.294. The van der Waals surface area contributed by atoms with Crippen molar-refractivity contribution in [2.45, 2.75) is 63.5 Å². The van der Waals surface area contributed by atoms with E-state index in [4.69, 9.17) is 5.73 Å². The Kier molecular flexibility index (Phi) is 2.61. The SMILES string of the molecule is CC1(NCC(C)(N)C2CC2)CCCC1. The molecule has 0 radical (unpaired) electrons. The molecule has 82 valence electrons. The molecule has 0 amide bonds. The molecular weight excluding hydrogens is 172 g/mol. The van der Waals surface area contributed by atoms with Crippen LogP contribution >= 0.6 is 0 Å². The van der Waals surface area contributed by atoms with Gasteiger partial charge in [-0.1, -0.05) is 12.8 Å². The molecule has 2 nitrogen and oxygen atoms in total. The third-order valence-electron chi connectivity index (χ3n) is 4.11. The first kappa shape index (κ1) is 10.4. The Labute approximate surface area is 87.6 Å². The maximum absolute atomic E-state index is 6.30. The molecule has 1 unspecified atom stereocenters. The highest BCUT2D eigenvalue weighted by Crippen LogP contribution is 2.38. The second-order valence-electron chi connectivity index (χ2n) is 5.90. The largest absolute Gasteiger partial charge is 0.324 e. The first-order valence-electron chi connectivity index (χ1n) is 6.06. The molecule has 2 saturated carbocycles. The first-order chi connectivity index (χ1) is 6.52. The Balaban J connectivity index is 1.80. The fraction of sp³-hybridized carbons (Fsp3) is 1.00. The topological polar surface area (TPSA) is 38.0 Å². The molecule has 0 aliphatic heterocycles. The van der Waals surface area contributed by atoms with E-state index in [1.54, 1.807) is 0 Å². The Morgan fingerprint density at radius 3 is 2.43 bits per heavy atom. The summed E-state index contributed by atoms with van der Waals surface area (Å²) in [7, 11) is 0. The van der Waals surface area contributed by atoms with Crippen LogP contribution in [0, 0.1) is 5.92 Å². The predicted molar refractivity (Wildman–Crippen MR) is 60.2 cm³/mol. The van der Waals surface area contributed by atoms with E-state index >= 15 is 0 Å².